The molecule has 0 saturated carbocycles. The summed E-state index contributed by atoms with van der Waals surface area (Å²) in [5.41, 5.74) is 1.11. The van der Waals surface area contributed by atoms with Gasteiger partial charge in [0.25, 0.3) is 5.91 Å². The van der Waals surface area contributed by atoms with Gasteiger partial charge in [-0.3, -0.25) is 9.59 Å². The van der Waals surface area contributed by atoms with Gasteiger partial charge in [0, 0.05) is 13.0 Å². The fourth-order valence-electron chi connectivity index (χ4n) is 2.49. The fourth-order valence-corrected chi connectivity index (χ4v) is 3.13. The normalized spacial score (nSPS) is 12.0. The average Bonchev–Trinajstić information content (AvgIpc) is 3.09. The molecule has 1 aromatic heterocycles. The summed E-state index contributed by atoms with van der Waals surface area (Å²) < 4.78 is 0. The van der Waals surface area contributed by atoms with E-state index in [-0.39, 0.29) is 24.3 Å². The zero-order valence-corrected chi connectivity index (χ0v) is 14.9. The van der Waals surface area contributed by atoms with Crippen molar-refractivity contribution in [2.75, 3.05) is 6.54 Å². The van der Waals surface area contributed by atoms with E-state index in [9.17, 15) is 9.59 Å². The molecule has 2 aromatic rings. The summed E-state index contributed by atoms with van der Waals surface area (Å²) in [6.45, 7) is 4.62. The van der Waals surface area contributed by atoms with Gasteiger partial charge in [0.2, 0.25) is 5.91 Å². The largest absolute Gasteiger partial charge is 0.351 e. The van der Waals surface area contributed by atoms with E-state index in [1.807, 2.05) is 41.8 Å². The summed E-state index contributed by atoms with van der Waals surface area (Å²) in [4.78, 5) is 24.7. The molecule has 4 nitrogen and oxygen atoms in total. The first-order chi connectivity index (χ1) is 11.6. The summed E-state index contributed by atoms with van der Waals surface area (Å²) in [7, 11) is 0. The number of benzene rings is 1. The van der Waals surface area contributed by atoms with Crippen molar-refractivity contribution in [1.82, 2.24) is 10.6 Å². The summed E-state index contributed by atoms with van der Waals surface area (Å²) in [6, 6.07) is 13.6. The van der Waals surface area contributed by atoms with Crippen LogP contribution in [-0.4, -0.2) is 18.4 Å². The molecule has 2 rings (SSSR count). The van der Waals surface area contributed by atoms with Crippen molar-refractivity contribution < 1.29 is 9.59 Å². The zero-order valence-electron chi connectivity index (χ0n) is 14.1. The molecule has 128 valence electrons. The summed E-state index contributed by atoms with van der Waals surface area (Å²) in [6.07, 6.45) is 1.16. The van der Waals surface area contributed by atoms with Gasteiger partial charge >= 0.3 is 0 Å². The Balaban J connectivity index is 1.83. The second-order valence-corrected chi connectivity index (χ2v) is 7.09. The molecule has 0 bridgehead atoms. The lowest BCUT2D eigenvalue weighted by Crippen LogP contribution is -2.33. The quantitative estimate of drug-likeness (QED) is 0.766. The molecule has 1 unspecified atom stereocenters. The minimum absolute atomic E-state index is 0.00620. The van der Waals surface area contributed by atoms with Gasteiger partial charge in [0.05, 0.1) is 10.9 Å². The molecule has 0 spiro atoms. The van der Waals surface area contributed by atoms with Crippen LogP contribution >= 0.6 is 11.3 Å². The molecule has 0 aliphatic carbocycles. The first-order valence-electron chi connectivity index (χ1n) is 8.22. The van der Waals surface area contributed by atoms with Gasteiger partial charge in [-0.05, 0) is 29.3 Å². The second-order valence-electron chi connectivity index (χ2n) is 6.14. The van der Waals surface area contributed by atoms with Crippen LogP contribution in [0.1, 0.15) is 48.0 Å². The highest BCUT2D eigenvalue weighted by atomic mass is 32.1. The monoisotopic (exact) mass is 344 g/mol. The van der Waals surface area contributed by atoms with Crippen molar-refractivity contribution >= 4 is 23.2 Å². The van der Waals surface area contributed by atoms with E-state index in [4.69, 9.17) is 0 Å². The van der Waals surface area contributed by atoms with E-state index >= 15 is 0 Å². The number of hydrogen-bond donors (Lipinski definition) is 2. The molecule has 0 aliphatic heterocycles. The van der Waals surface area contributed by atoms with E-state index in [2.05, 4.69) is 24.5 Å². The van der Waals surface area contributed by atoms with Crippen molar-refractivity contribution in [2.45, 2.75) is 32.7 Å². The van der Waals surface area contributed by atoms with Crippen LogP contribution in [0.25, 0.3) is 0 Å². The third kappa shape index (κ3) is 5.81. The van der Waals surface area contributed by atoms with Crippen LogP contribution in [0, 0.1) is 5.92 Å². The van der Waals surface area contributed by atoms with E-state index in [1.54, 1.807) is 6.07 Å². The molecule has 0 saturated heterocycles. The molecule has 0 aliphatic rings. The van der Waals surface area contributed by atoms with Crippen molar-refractivity contribution in [2.24, 2.45) is 5.92 Å². The standard InChI is InChI=1S/C19H24N2O2S/c1-14(2)13-16(15-7-4-3-5-8-15)21-18(22)10-11-20-19(23)17-9-6-12-24-17/h3-9,12,14,16H,10-11,13H2,1-2H3,(H,20,23)(H,21,22). The number of rotatable bonds is 8. The topological polar surface area (TPSA) is 58.2 Å². The number of thiophene rings is 1. The van der Waals surface area contributed by atoms with Crippen LogP contribution in [0.15, 0.2) is 47.8 Å². The molecule has 2 amide bonds. The molecule has 1 heterocycles. The smallest absolute Gasteiger partial charge is 0.261 e. The third-order valence-electron chi connectivity index (χ3n) is 3.63. The zero-order chi connectivity index (χ0) is 17.4. The number of amides is 2. The van der Waals surface area contributed by atoms with Gasteiger partial charge in [-0.15, -0.1) is 11.3 Å². The minimum atomic E-state index is -0.125. The van der Waals surface area contributed by atoms with Gasteiger partial charge < -0.3 is 10.6 Å². The number of carbonyl (C=O) groups excluding carboxylic acids is 2. The van der Waals surface area contributed by atoms with E-state index < -0.39 is 0 Å². The predicted octanol–water partition coefficient (Wildman–Crippen LogP) is 3.77. The SMILES string of the molecule is CC(C)CC(NC(=O)CCNC(=O)c1cccs1)c1ccccc1. The summed E-state index contributed by atoms with van der Waals surface area (Å²) >= 11 is 1.39. The van der Waals surface area contributed by atoms with E-state index in [0.717, 1.165) is 12.0 Å². The van der Waals surface area contributed by atoms with E-state index in [0.29, 0.717) is 17.3 Å². The van der Waals surface area contributed by atoms with Crippen LogP contribution in [-0.2, 0) is 4.79 Å². The van der Waals surface area contributed by atoms with Gasteiger partial charge in [0.1, 0.15) is 0 Å². The van der Waals surface area contributed by atoms with Crippen molar-refractivity contribution in [3.05, 3.63) is 58.3 Å². The Morgan fingerprint density at radius 2 is 1.83 bits per heavy atom. The summed E-state index contributed by atoms with van der Waals surface area (Å²) in [5.74, 6) is 0.310. The first kappa shape index (κ1) is 18.2. The van der Waals surface area contributed by atoms with Crippen LogP contribution in [0.2, 0.25) is 0 Å². The number of nitrogens with one attached hydrogen (secondary N) is 2. The minimum Gasteiger partial charge on any atom is -0.351 e. The van der Waals surface area contributed by atoms with E-state index in [1.165, 1.54) is 11.3 Å². The Morgan fingerprint density at radius 1 is 1.08 bits per heavy atom. The van der Waals surface area contributed by atoms with Crippen LogP contribution in [0.5, 0.6) is 0 Å². The molecule has 24 heavy (non-hydrogen) atoms. The fraction of sp³-hybridized carbons (Fsp3) is 0.368. The first-order valence-corrected chi connectivity index (χ1v) is 9.10. The van der Waals surface area contributed by atoms with Gasteiger partial charge in [-0.2, -0.15) is 0 Å². The van der Waals surface area contributed by atoms with Crippen molar-refractivity contribution in [1.29, 1.82) is 0 Å². The molecule has 1 atom stereocenters. The Kier molecular flexibility index (Phi) is 7.00. The molecular formula is C19H24N2O2S. The molecule has 0 fully saturated rings. The number of carbonyl (C=O) groups is 2. The molecular weight excluding hydrogens is 320 g/mol. The number of hydrogen-bond acceptors (Lipinski definition) is 3. The molecule has 5 heteroatoms. The molecule has 0 radical (unpaired) electrons. The Hall–Kier alpha value is -2.14. The molecule has 2 N–H and O–H groups in total. The molecule has 1 aromatic carbocycles. The highest BCUT2D eigenvalue weighted by Gasteiger charge is 2.16. The Morgan fingerprint density at radius 3 is 2.46 bits per heavy atom. The maximum atomic E-state index is 12.2. The highest BCUT2D eigenvalue weighted by Crippen LogP contribution is 2.21. The van der Waals surface area contributed by atoms with Gasteiger partial charge in [-0.25, -0.2) is 0 Å². The predicted molar refractivity (Wildman–Crippen MR) is 98.0 cm³/mol. The van der Waals surface area contributed by atoms with Gasteiger partial charge in [-0.1, -0.05) is 50.2 Å². The lowest BCUT2D eigenvalue weighted by Gasteiger charge is -2.21. The lowest BCUT2D eigenvalue weighted by molar-refractivity contribution is -0.121. The lowest BCUT2D eigenvalue weighted by atomic mass is 9.97. The van der Waals surface area contributed by atoms with Crippen LogP contribution in [0.4, 0.5) is 0 Å². The summed E-state index contributed by atoms with van der Waals surface area (Å²) in [5, 5.41) is 7.73. The van der Waals surface area contributed by atoms with Crippen LogP contribution in [0.3, 0.4) is 0 Å². The Labute approximate surface area is 147 Å². The van der Waals surface area contributed by atoms with Crippen molar-refractivity contribution in [3.63, 3.8) is 0 Å². The second kappa shape index (κ2) is 9.23. The van der Waals surface area contributed by atoms with Crippen molar-refractivity contribution in [3.8, 4) is 0 Å². The third-order valence-corrected chi connectivity index (χ3v) is 4.50. The average molecular weight is 344 g/mol. The van der Waals surface area contributed by atoms with Crippen LogP contribution < -0.4 is 10.6 Å². The Bertz CT molecular complexity index is 639. The van der Waals surface area contributed by atoms with Gasteiger partial charge in [0.15, 0.2) is 0 Å². The maximum absolute atomic E-state index is 12.2. The highest BCUT2D eigenvalue weighted by molar-refractivity contribution is 7.12. The maximum Gasteiger partial charge on any atom is 0.261 e.